The van der Waals surface area contributed by atoms with Crippen LogP contribution in [0.3, 0.4) is 0 Å². The molecule has 5 heterocycles. The van der Waals surface area contributed by atoms with Crippen LogP contribution < -0.4 is 19.7 Å². The Hall–Kier alpha value is -6.08. The number of ether oxygens (including phenoxy) is 1. The fourth-order valence-corrected chi connectivity index (χ4v) is 8.77. The molecule has 0 unspecified atom stereocenters. The lowest BCUT2D eigenvalue weighted by molar-refractivity contribution is 0.289. The van der Waals surface area contributed by atoms with E-state index in [4.69, 9.17) is 19.4 Å². The van der Waals surface area contributed by atoms with Gasteiger partial charge in [-0.25, -0.2) is 9.97 Å². The summed E-state index contributed by atoms with van der Waals surface area (Å²) in [5, 5.41) is 3.44. The Labute approximate surface area is 309 Å². The molecule has 53 heavy (non-hydrogen) atoms. The summed E-state index contributed by atoms with van der Waals surface area (Å²) in [6.45, 7) is 13.8. The summed E-state index contributed by atoms with van der Waals surface area (Å²) in [5.74, 6) is 3.06. The van der Waals surface area contributed by atoms with E-state index in [-0.39, 0.29) is 17.9 Å². The molecule has 5 aromatic carbocycles. The zero-order chi connectivity index (χ0) is 36.2. The first kappa shape index (κ1) is 31.6. The number of aromatic nitrogens is 3. The van der Waals surface area contributed by atoms with E-state index >= 15 is 0 Å². The van der Waals surface area contributed by atoms with Crippen molar-refractivity contribution in [2.75, 3.05) is 4.81 Å². The van der Waals surface area contributed by atoms with Crippen molar-refractivity contribution in [3.05, 3.63) is 150 Å². The van der Waals surface area contributed by atoms with Gasteiger partial charge in [-0.05, 0) is 72.7 Å². The molecule has 0 amide bonds. The Kier molecular flexibility index (Phi) is 6.69. The van der Waals surface area contributed by atoms with E-state index in [0.29, 0.717) is 5.75 Å². The van der Waals surface area contributed by atoms with Gasteiger partial charge in [-0.1, -0.05) is 112 Å². The van der Waals surface area contributed by atoms with E-state index in [0.717, 1.165) is 56.1 Å². The zero-order valence-corrected chi connectivity index (χ0v) is 30.8. The number of hydrogen-bond donors (Lipinski definition) is 0. The number of pyridine rings is 2. The summed E-state index contributed by atoms with van der Waals surface area (Å²) < 4.78 is 15.9. The number of benzene rings is 5. The molecule has 8 aromatic rings. The number of imidazole rings is 1. The summed E-state index contributed by atoms with van der Waals surface area (Å²) in [7, 11) is -0.357. The Morgan fingerprint density at radius 1 is 0.679 bits per heavy atom. The summed E-state index contributed by atoms with van der Waals surface area (Å²) in [6, 6.07) is 42.2. The van der Waals surface area contributed by atoms with Crippen LogP contribution in [0.15, 0.2) is 128 Å². The topological polar surface area (TPSA) is 51.9 Å². The first-order chi connectivity index (χ1) is 25.6. The molecule has 0 aliphatic carbocycles. The highest BCUT2D eigenvalue weighted by Crippen LogP contribution is 2.54. The van der Waals surface area contributed by atoms with Crippen molar-refractivity contribution in [2.45, 2.75) is 52.4 Å². The Bertz CT molecular complexity index is 2750. The van der Waals surface area contributed by atoms with Crippen molar-refractivity contribution in [1.82, 2.24) is 14.4 Å². The fourth-order valence-electron chi connectivity index (χ4n) is 8.77. The number of rotatable bonds is 5. The number of aryl methyl sites for hydroxylation is 2. The van der Waals surface area contributed by atoms with Gasteiger partial charge in [0.15, 0.2) is 0 Å². The second kappa shape index (κ2) is 11.2. The molecule has 3 aromatic heterocycles. The maximum Gasteiger partial charge on any atom is 0.526 e. The summed E-state index contributed by atoms with van der Waals surface area (Å²) in [6.07, 6.45) is 1.82. The van der Waals surface area contributed by atoms with Crippen molar-refractivity contribution in [3.8, 4) is 28.5 Å². The van der Waals surface area contributed by atoms with Crippen LogP contribution in [0.1, 0.15) is 50.1 Å². The molecular weight excluding hydrogens is 651 g/mol. The van der Waals surface area contributed by atoms with Crippen LogP contribution in [0.5, 0.6) is 17.2 Å². The van der Waals surface area contributed by atoms with Gasteiger partial charge in [0, 0.05) is 39.4 Å². The van der Waals surface area contributed by atoms with Gasteiger partial charge in [-0.3, -0.25) is 4.40 Å². The van der Waals surface area contributed by atoms with Crippen LogP contribution in [0, 0.1) is 13.8 Å². The normalized spacial score (nSPS) is 15.4. The van der Waals surface area contributed by atoms with Gasteiger partial charge < -0.3 is 14.2 Å². The second-order valence-corrected chi connectivity index (χ2v) is 15.6. The second-order valence-electron chi connectivity index (χ2n) is 15.6. The van der Waals surface area contributed by atoms with E-state index in [2.05, 4.69) is 142 Å². The molecule has 2 aliphatic heterocycles. The molecule has 6 nitrogen and oxygen atoms in total. The molecule has 7 heteroatoms. The third kappa shape index (κ3) is 4.46. The SMILES string of the molecule is Cc1cccc(C)c1B1Oc2ccc(Oc3ccc4c(c3)c3nc(-c5ccccc5)c5n3c3c(cccc43)C(C)(C)C5(C)C)cc2N1c1ccccn1. The third-order valence-corrected chi connectivity index (χ3v) is 12.1. The number of fused-ring (bicyclic) bond motifs is 4. The summed E-state index contributed by atoms with van der Waals surface area (Å²) >= 11 is 0. The van der Waals surface area contributed by atoms with Crippen molar-refractivity contribution in [3.63, 3.8) is 0 Å². The van der Waals surface area contributed by atoms with Gasteiger partial charge in [0.05, 0.1) is 22.6 Å². The van der Waals surface area contributed by atoms with Crippen LogP contribution in [-0.2, 0) is 10.8 Å². The largest absolute Gasteiger partial charge is 0.536 e. The average molecular weight is 691 g/mol. The van der Waals surface area contributed by atoms with Crippen molar-refractivity contribution >= 4 is 51.3 Å². The standard InChI is InChI=1S/C46H39BN4O2/c1-28-14-12-15-29(2)40(28)47-51(39-20-10-11-25-48-39)37-27-32(22-24-38(37)53-47)52-31-21-23-33-34-18-13-19-36-42(34)50-43(46(5,6)45(36,3)4)41(30-16-8-7-9-17-30)49-44(50)35(33)26-31/h7-27H,1-6H3. The Balaban J connectivity index is 1.13. The van der Waals surface area contributed by atoms with Crippen LogP contribution in [0.4, 0.5) is 11.5 Å². The molecule has 258 valence electrons. The predicted molar refractivity (Wildman–Crippen MR) is 217 cm³/mol. The molecule has 0 fully saturated rings. The van der Waals surface area contributed by atoms with E-state index in [1.165, 1.54) is 33.3 Å². The van der Waals surface area contributed by atoms with Gasteiger partial charge >= 0.3 is 7.05 Å². The zero-order valence-electron chi connectivity index (χ0n) is 30.8. The lowest BCUT2D eigenvalue weighted by Gasteiger charge is -2.46. The lowest BCUT2D eigenvalue weighted by atomic mass is 9.60. The molecule has 2 aliphatic rings. The molecular formula is C46H39BN4O2. The molecule has 0 N–H and O–H groups in total. The first-order valence-electron chi connectivity index (χ1n) is 18.4. The Morgan fingerprint density at radius 3 is 2.19 bits per heavy atom. The maximum absolute atomic E-state index is 6.74. The van der Waals surface area contributed by atoms with E-state index in [1.807, 2.05) is 36.5 Å². The summed E-state index contributed by atoms with van der Waals surface area (Å²) in [5.41, 5.74) is 11.0. The molecule has 0 spiro atoms. The van der Waals surface area contributed by atoms with E-state index < -0.39 is 0 Å². The minimum Gasteiger partial charge on any atom is -0.536 e. The number of anilines is 2. The maximum atomic E-state index is 6.74. The van der Waals surface area contributed by atoms with Gasteiger partial charge in [0.1, 0.15) is 28.7 Å². The highest BCUT2D eigenvalue weighted by atomic mass is 16.5. The number of nitrogens with zero attached hydrogens (tertiary/aromatic N) is 4. The lowest BCUT2D eigenvalue weighted by Crippen LogP contribution is -2.49. The highest BCUT2D eigenvalue weighted by Gasteiger charge is 2.48. The van der Waals surface area contributed by atoms with E-state index in [9.17, 15) is 0 Å². The van der Waals surface area contributed by atoms with Gasteiger partial charge in [0.2, 0.25) is 0 Å². The average Bonchev–Trinajstić information content (AvgIpc) is 3.75. The number of hydrogen-bond acceptors (Lipinski definition) is 5. The van der Waals surface area contributed by atoms with Gasteiger partial charge in [-0.15, -0.1) is 0 Å². The molecule has 0 saturated carbocycles. The van der Waals surface area contributed by atoms with Crippen LogP contribution in [0.2, 0.25) is 0 Å². The van der Waals surface area contributed by atoms with Crippen molar-refractivity contribution in [2.24, 2.45) is 0 Å². The molecule has 0 saturated heterocycles. The van der Waals surface area contributed by atoms with Crippen LogP contribution in [0.25, 0.3) is 38.6 Å². The van der Waals surface area contributed by atoms with E-state index in [1.54, 1.807) is 0 Å². The third-order valence-electron chi connectivity index (χ3n) is 12.1. The predicted octanol–water partition coefficient (Wildman–Crippen LogP) is 10.6. The highest BCUT2D eigenvalue weighted by molar-refractivity contribution is 6.75. The van der Waals surface area contributed by atoms with Gasteiger partial charge in [-0.2, -0.15) is 0 Å². The van der Waals surface area contributed by atoms with Gasteiger partial charge in [0.25, 0.3) is 0 Å². The monoisotopic (exact) mass is 690 g/mol. The molecule has 10 rings (SSSR count). The summed E-state index contributed by atoms with van der Waals surface area (Å²) in [4.78, 5) is 12.4. The Morgan fingerprint density at radius 2 is 1.42 bits per heavy atom. The van der Waals surface area contributed by atoms with Crippen LogP contribution >= 0.6 is 0 Å². The van der Waals surface area contributed by atoms with Crippen molar-refractivity contribution in [1.29, 1.82) is 0 Å². The quantitative estimate of drug-likeness (QED) is 0.133. The first-order valence-corrected chi connectivity index (χ1v) is 18.4. The fraction of sp³-hybridized carbons (Fsp3) is 0.174. The number of para-hydroxylation sites is 1. The molecule has 0 atom stereocenters. The minimum absolute atomic E-state index is 0.132. The molecule has 0 radical (unpaired) electrons. The van der Waals surface area contributed by atoms with Crippen LogP contribution in [-0.4, -0.2) is 21.4 Å². The van der Waals surface area contributed by atoms with Crippen molar-refractivity contribution < 1.29 is 9.39 Å². The smallest absolute Gasteiger partial charge is 0.526 e. The molecule has 0 bridgehead atoms. The minimum atomic E-state index is -0.357.